The van der Waals surface area contributed by atoms with Gasteiger partial charge in [0.25, 0.3) is 5.91 Å². The number of rotatable bonds is 6. The number of nitrogens with two attached hydrogens (primary N) is 1. The highest BCUT2D eigenvalue weighted by atomic mass is 35.5. The summed E-state index contributed by atoms with van der Waals surface area (Å²) in [6.45, 7) is 3.37. The first-order valence-corrected chi connectivity index (χ1v) is 10.4. The number of anilines is 1. The average Bonchev–Trinajstić information content (AvgIpc) is 3.37. The zero-order chi connectivity index (χ0) is 22.7. The summed E-state index contributed by atoms with van der Waals surface area (Å²) < 4.78 is 19.9. The van der Waals surface area contributed by atoms with Gasteiger partial charge in [-0.15, -0.1) is 17.5 Å². The van der Waals surface area contributed by atoms with Gasteiger partial charge in [-0.3, -0.25) is 9.69 Å². The number of benzene rings is 1. The lowest BCUT2D eigenvalue weighted by Crippen LogP contribution is -2.38. The topological polar surface area (TPSA) is 140 Å². The molecular weight excluding hydrogens is 476 g/mol. The highest BCUT2D eigenvalue weighted by Crippen LogP contribution is 2.23. The van der Waals surface area contributed by atoms with E-state index in [0.29, 0.717) is 18.3 Å². The van der Waals surface area contributed by atoms with Crippen molar-refractivity contribution < 1.29 is 13.8 Å². The summed E-state index contributed by atoms with van der Waals surface area (Å²) >= 11 is 5.98. The Labute approximate surface area is 199 Å². The third-order valence-corrected chi connectivity index (χ3v) is 5.66. The van der Waals surface area contributed by atoms with E-state index in [1.54, 1.807) is 0 Å². The number of carbonyl (C=O) groups excluding carboxylic acids is 1. The largest absolute Gasteiger partial charge is 0.378 e. The van der Waals surface area contributed by atoms with Gasteiger partial charge in [-0.25, -0.2) is 14.4 Å². The van der Waals surface area contributed by atoms with Crippen LogP contribution in [0, 0.1) is 5.82 Å². The zero-order valence-electron chi connectivity index (χ0n) is 17.6. The predicted octanol–water partition coefficient (Wildman–Crippen LogP) is 2.59. The molecular formula is C19H22Cl2FN9O2. The lowest BCUT2D eigenvalue weighted by atomic mass is 10.0. The van der Waals surface area contributed by atoms with Gasteiger partial charge in [0.2, 0.25) is 11.6 Å². The van der Waals surface area contributed by atoms with Gasteiger partial charge in [-0.2, -0.15) is 9.78 Å². The molecule has 2 aromatic heterocycles. The summed E-state index contributed by atoms with van der Waals surface area (Å²) in [4.78, 5) is 15.1. The van der Waals surface area contributed by atoms with Crippen molar-refractivity contribution in [3.05, 3.63) is 46.0 Å². The van der Waals surface area contributed by atoms with Crippen LogP contribution in [-0.4, -0.2) is 54.9 Å². The first kappa shape index (κ1) is 24.6. The van der Waals surface area contributed by atoms with E-state index in [0.717, 1.165) is 32.0 Å². The van der Waals surface area contributed by atoms with Crippen LogP contribution in [0.15, 0.2) is 27.9 Å². The number of likely N-dealkylation sites (tertiary alicyclic amines) is 1. The number of nitrogen functional groups attached to an aromatic ring is 1. The summed E-state index contributed by atoms with van der Waals surface area (Å²) in [7, 11) is 0. The number of nitrogens with zero attached hydrogens (tertiary/aromatic N) is 7. The van der Waals surface area contributed by atoms with Crippen molar-refractivity contribution in [1.82, 2.24) is 35.6 Å². The van der Waals surface area contributed by atoms with Crippen LogP contribution in [0.3, 0.4) is 0 Å². The molecule has 3 aromatic rings. The SMILES string of the molecule is CC1CCCCN1Cc1c(C(=O)N/N=C\c2c(F)cccc2Cl)nnn1-c1nonc1N.Cl. The van der Waals surface area contributed by atoms with Crippen LogP contribution < -0.4 is 11.2 Å². The van der Waals surface area contributed by atoms with Crippen molar-refractivity contribution in [2.45, 2.75) is 38.8 Å². The molecule has 0 saturated carbocycles. The molecule has 11 nitrogen and oxygen atoms in total. The van der Waals surface area contributed by atoms with E-state index < -0.39 is 11.7 Å². The lowest BCUT2D eigenvalue weighted by molar-refractivity contribution is 0.0945. The van der Waals surface area contributed by atoms with Gasteiger partial charge < -0.3 is 5.73 Å². The molecule has 1 unspecified atom stereocenters. The van der Waals surface area contributed by atoms with Crippen molar-refractivity contribution in [3.63, 3.8) is 0 Å². The molecule has 176 valence electrons. The number of hydrogen-bond acceptors (Lipinski definition) is 9. The van der Waals surface area contributed by atoms with Crippen LogP contribution in [0.25, 0.3) is 5.82 Å². The molecule has 1 fully saturated rings. The normalized spacial score (nSPS) is 16.6. The number of carbonyl (C=O) groups is 1. The second-order valence-corrected chi connectivity index (χ2v) is 7.83. The maximum absolute atomic E-state index is 13.9. The molecule has 3 N–H and O–H groups in total. The van der Waals surface area contributed by atoms with Crippen LogP contribution in [0.2, 0.25) is 5.02 Å². The molecule has 1 aliphatic rings. The number of halogens is 3. The molecule has 33 heavy (non-hydrogen) atoms. The number of piperidine rings is 1. The monoisotopic (exact) mass is 497 g/mol. The second-order valence-electron chi connectivity index (χ2n) is 7.42. The van der Waals surface area contributed by atoms with Gasteiger partial charge in [-0.1, -0.05) is 29.3 Å². The van der Waals surface area contributed by atoms with Crippen molar-refractivity contribution in [1.29, 1.82) is 0 Å². The molecule has 3 heterocycles. The first-order chi connectivity index (χ1) is 15.5. The molecule has 0 spiro atoms. The fraction of sp³-hybridized carbons (Fsp3) is 0.368. The summed E-state index contributed by atoms with van der Waals surface area (Å²) in [5.41, 5.74) is 8.71. The minimum absolute atomic E-state index is 0. The van der Waals surface area contributed by atoms with Crippen molar-refractivity contribution in [2.75, 3.05) is 12.3 Å². The summed E-state index contributed by atoms with van der Waals surface area (Å²) in [5.74, 6) is -1.04. The molecule has 1 atom stereocenters. The van der Waals surface area contributed by atoms with Gasteiger partial charge >= 0.3 is 0 Å². The molecule has 0 bridgehead atoms. The summed E-state index contributed by atoms with van der Waals surface area (Å²) in [6.07, 6.45) is 4.38. The minimum Gasteiger partial charge on any atom is -0.378 e. The Morgan fingerprint density at radius 2 is 2.24 bits per heavy atom. The minimum atomic E-state index is -0.630. The van der Waals surface area contributed by atoms with Crippen molar-refractivity contribution in [2.24, 2.45) is 5.10 Å². The third-order valence-electron chi connectivity index (χ3n) is 5.33. The number of hydrazone groups is 1. The number of hydrogen-bond donors (Lipinski definition) is 2. The van der Waals surface area contributed by atoms with Crippen LogP contribution >= 0.6 is 24.0 Å². The van der Waals surface area contributed by atoms with E-state index in [1.807, 2.05) is 0 Å². The Hall–Kier alpha value is -3.09. The Bertz CT molecular complexity index is 1130. The molecule has 1 amide bonds. The molecule has 14 heteroatoms. The van der Waals surface area contributed by atoms with E-state index in [9.17, 15) is 9.18 Å². The van der Waals surface area contributed by atoms with Crippen LogP contribution in [0.4, 0.5) is 10.2 Å². The number of nitrogens with one attached hydrogen (secondary N) is 1. The van der Waals surface area contributed by atoms with Crippen LogP contribution in [-0.2, 0) is 6.54 Å². The second kappa shape index (κ2) is 10.7. The van der Waals surface area contributed by atoms with Crippen molar-refractivity contribution in [3.8, 4) is 5.82 Å². The van der Waals surface area contributed by atoms with E-state index in [2.05, 4.69) is 47.6 Å². The zero-order valence-corrected chi connectivity index (χ0v) is 19.2. The van der Waals surface area contributed by atoms with Gasteiger partial charge in [0.1, 0.15) is 5.82 Å². The van der Waals surface area contributed by atoms with Crippen molar-refractivity contribution >= 4 is 41.9 Å². The van der Waals surface area contributed by atoms with E-state index in [4.69, 9.17) is 17.3 Å². The van der Waals surface area contributed by atoms with E-state index in [-0.39, 0.29) is 40.3 Å². The standard InChI is InChI=1S/C19H21ClFN9O2.ClH/c1-11-5-2-3-8-29(11)10-15-16(24-28-30(15)18-17(22)26-32-27-18)19(31)25-23-9-12-13(20)6-4-7-14(12)21;/h4,6-7,9,11H,2-3,5,8,10H2,1H3,(H2,22,26)(H,25,31);1H/b23-9-;. The molecule has 0 radical (unpaired) electrons. The predicted molar refractivity (Wildman–Crippen MR) is 121 cm³/mol. The molecule has 1 aliphatic heterocycles. The highest BCUT2D eigenvalue weighted by molar-refractivity contribution is 6.33. The number of aromatic nitrogens is 5. The smallest absolute Gasteiger partial charge is 0.293 e. The molecule has 4 rings (SSSR count). The Morgan fingerprint density at radius 3 is 2.94 bits per heavy atom. The summed E-state index contributed by atoms with van der Waals surface area (Å²) in [6, 6.07) is 4.56. The third kappa shape index (κ3) is 5.29. The fourth-order valence-corrected chi connectivity index (χ4v) is 3.77. The van der Waals surface area contributed by atoms with E-state index >= 15 is 0 Å². The average molecular weight is 498 g/mol. The van der Waals surface area contributed by atoms with Gasteiger partial charge in [-0.05, 0) is 48.8 Å². The van der Waals surface area contributed by atoms with E-state index in [1.165, 1.54) is 22.9 Å². The van der Waals surface area contributed by atoms with Crippen LogP contribution in [0.1, 0.15) is 47.9 Å². The van der Waals surface area contributed by atoms with Gasteiger partial charge in [0.05, 0.1) is 16.9 Å². The van der Waals surface area contributed by atoms with Gasteiger partial charge in [0.15, 0.2) is 5.69 Å². The number of amides is 1. The molecule has 1 aromatic carbocycles. The van der Waals surface area contributed by atoms with Gasteiger partial charge in [0, 0.05) is 18.2 Å². The summed E-state index contributed by atoms with van der Waals surface area (Å²) in [5, 5.41) is 19.4. The fourth-order valence-electron chi connectivity index (χ4n) is 3.56. The quantitative estimate of drug-likeness (QED) is 0.391. The highest BCUT2D eigenvalue weighted by Gasteiger charge is 2.28. The Kier molecular flexibility index (Phi) is 7.95. The Morgan fingerprint density at radius 1 is 1.42 bits per heavy atom. The van der Waals surface area contributed by atoms with Crippen LogP contribution in [0.5, 0.6) is 0 Å². The maximum Gasteiger partial charge on any atom is 0.293 e. The molecule has 0 aliphatic carbocycles. The first-order valence-electron chi connectivity index (χ1n) is 10.00. The lowest BCUT2D eigenvalue weighted by Gasteiger charge is -2.33. The molecule has 1 saturated heterocycles. The maximum atomic E-state index is 13.9. The Balaban J connectivity index is 0.00000306.